The molecule has 0 N–H and O–H groups in total. The zero-order valence-corrected chi connectivity index (χ0v) is 44.4. The molecule has 6 aromatic rings. The third-order valence-corrected chi connectivity index (χ3v) is 18.6. The molecule has 0 saturated heterocycles. The first-order valence-corrected chi connectivity index (χ1v) is 25.8. The Labute approximate surface area is 424 Å². The second-order valence-corrected chi connectivity index (χ2v) is 27.1. The van der Waals surface area contributed by atoms with E-state index in [0.717, 1.165) is 53.7 Å². The van der Waals surface area contributed by atoms with E-state index in [2.05, 4.69) is 83.1 Å². The van der Waals surface area contributed by atoms with Crippen LogP contribution in [0, 0.1) is 20.8 Å². The maximum Gasteiger partial charge on any atom is 0.252 e. The van der Waals surface area contributed by atoms with Crippen molar-refractivity contribution < 1.29 is 15.1 Å². The van der Waals surface area contributed by atoms with Crippen molar-refractivity contribution in [1.82, 2.24) is 0 Å². The van der Waals surface area contributed by atoms with Gasteiger partial charge in [-0.05, 0) is 199 Å². The van der Waals surface area contributed by atoms with Crippen molar-refractivity contribution in [3.05, 3.63) is 121 Å². The standard InChI is InChI=1S/C63H77BN2S/c1-36-29-49-52-50(30-36)66(53-37(2)31-39(32-38(53)3)57(4,5)6)54-46(22-20-41-51-56(67-55(41)54)63(17,18)28-27-62(51,15)16)64(52)47-34-44-45(61(13,14)26-25-60(44,11)12)35-48(47)65(49)40-19-21-42-43(33-40)59(9,10)24-23-58(42,7)8/h19-22,29-35H,23-28H2,1-18H3/i19D,20D,21D,22D,29D,30D,31D,32D,33D,34D,35D. The van der Waals surface area contributed by atoms with E-state index in [0.29, 0.717) is 77.8 Å². The van der Waals surface area contributed by atoms with Gasteiger partial charge in [-0.1, -0.05) is 140 Å². The number of hydrogen-bond acceptors (Lipinski definition) is 3. The van der Waals surface area contributed by atoms with Crippen LogP contribution in [0.3, 0.4) is 0 Å². The van der Waals surface area contributed by atoms with Crippen LogP contribution >= 0.6 is 11.3 Å². The largest absolute Gasteiger partial charge is 0.311 e. The van der Waals surface area contributed by atoms with E-state index in [-0.39, 0.29) is 99.9 Å². The molecule has 0 spiro atoms. The molecule has 67 heavy (non-hydrogen) atoms. The molecule has 5 aliphatic rings. The molecule has 0 amide bonds. The monoisotopic (exact) mass is 916 g/mol. The molecule has 0 atom stereocenters. The Morgan fingerprint density at radius 3 is 1.64 bits per heavy atom. The molecule has 0 fully saturated rings. The summed E-state index contributed by atoms with van der Waals surface area (Å²) < 4.78 is 116. The number of rotatable bonds is 2. The van der Waals surface area contributed by atoms with Crippen LogP contribution in [-0.2, 0) is 37.9 Å². The molecule has 3 heterocycles. The highest BCUT2D eigenvalue weighted by Crippen LogP contribution is 2.58. The van der Waals surface area contributed by atoms with E-state index in [1.165, 1.54) is 0 Å². The third-order valence-electron chi connectivity index (χ3n) is 17.0. The maximum absolute atomic E-state index is 11.0. The molecule has 11 rings (SSSR count). The molecular weight excluding hydrogens is 828 g/mol. The van der Waals surface area contributed by atoms with Crippen molar-refractivity contribution in [3.63, 3.8) is 0 Å². The summed E-state index contributed by atoms with van der Waals surface area (Å²) in [5.74, 6) is 0. The van der Waals surface area contributed by atoms with Crippen LogP contribution in [0.15, 0.2) is 66.5 Å². The number of benzene rings is 5. The van der Waals surface area contributed by atoms with Gasteiger partial charge in [-0.3, -0.25) is 0 Å². The van der Waals surface area contributed by atoms with E-state index < -0.39 is 33.8 Å². The fourth-order valence-electron chi connectivity index (χ4n) is 12.5. The average molecular weight is 916 g/mol. The molecular formula is C63H77BN2S. The lowest BCUT2D eigenvalue weighted by molar-refractivity contribution is 0.332. The van der Waals surface area contributed by atoms with Gasteiger partial charge in [0.05, 0.1) is 31.2 Å². The third kappa shape index (κ3) is 6.45. The number of anilines is 6. The summed E-state index contributed by atoms with van der Waals surface area (Å²) in [6, 6.07) is 0.333. The molecule has 5 aromatic carbocycles. The van der Waals surface area contributed by atoms with Crippen molar-refractivity contribution in [2.75, 3.05) is 9.80 Å². The minimum absolute atomic E-state index is 0.00918. The minimum Gasteiger partial charge on any atom is -0.311 e. The molecule has 348 valence electrons. The predicted molar refractivity (Wildman–Crippen MR) is 295 cm³/mol. The zero-order valence-electron chi connectivity index (χ0n) is 54.6. The number of fused-ring (bicyclic) bond motifs is 10. The lowest BCUT2D eigenvalue weighted by Crippen LogP contribution is -2.62. The van der Waals surface area contributed by atoms with E-state index in [4.69, 9.17) is 0 Å². The van der Waals surface area contributed by atoms with E-state index in [9.17, 15) is 15.1 Å². The fourth-order valence-corrected chi connectivity index (χ4v) is 14.1. The minimum atomic E-state index is -1.10. The smallest absolute Gasteiger partial charge is 0.252 e. The Hall–Kier alpha value is -4.28. The van der Waals surface area contributed by atoms with Gasteiger partial charge in [0.1, 0.15) is 0 Å². The Balaban J connectivity index is 1.45. The number of thiophene rings is 1. The van der Waals surface area contributed by atoms with E-state index >= 15 is 0 Å². The molecule has 0 bridgehead atoms. The van der Waals surface area contributed by atoms with Gasteiger partial charge in [0.25, 0.3) is 6.71 Å². The van der Waals surface area contributed by atoms with Gasteiger partial charge in [-0.25, -0.2) is 0 Å². The normalized spacial score (nSPS) is 23.3. The van der Waals surface area contributed by atoms with Crippen LogP contribution in [0.2, 0.25) is 0 Å². The van der Waals surface area contributed by atoms with Crippen LogP contribution in [0.4, 0.5) is 34.1 Å². The average Bonchev–Trinajstić information content (AvgIpc) is 3.05. The summed E-state index contributed by atoms with van der Waals surface area (Å²) >= 11 is 1.62. The van der Waals surface area contributed by atoms with Crippen LogP contribution in [-0.4, -0.2) is 6.71 Å². The highest BCUT2D eigenvalue weighted by atomic mass is 32.1. The van der Waals surface area contributed by atoms with Crippen molar-refractivity contribution in [2.24, 2.45) is 0 Å². The second kappa shape index (κ2) is 14.0. The van der Waals surface area contributed by atoms with Crippen LogP contribution in [0.1, 0.15) is 212 Å². The van der Waals surface area contributed by atoms with Crippen molar-refractivity contribution in [2.45, 2.75) is 201 Å². The van der Waals surface area contributed by atoms with Crippen LogP contribution in [0.25, 0.3) is 10.1 Å². The molecule has 0 radical (unpaired) electrons. The Morgan fingerprint density at radius 2 is 1.04 bits per heavy atom. The lowest BCUT2D eigenvalue weighted by Gasteiger charge is -2.48. The molecule has 2 aliphatic heterocycles. The Kier molecular flexibility index (Phi) is 7.10. The maximum atomic E-state index is 11.0. The predicted octanol–water partition coefficient (Wildman–Crippen LogP) is 16.3. The molecule has 4 heteroatoms. The van der Waals surface area contributed by atoms with Gasteiger partial charge >= 0.3 is 0 Å². The van der Waals surface area contributed by atoms with E-state index in [1.807, 2.05) is 39.5 Å². The summed E-state index contributed by atoms with van der Waals surface area (Å²) in [4.78, 5) is 4.82. The van der Waals surface area contributed by atoms with Gasteiger partial charge < -0.3 is 9.80 Å². The topological polar surface area (TPSA) is 6.48 Å². The second-order valence-electron chi connectivity index (χ2n) is 26.1. The summed E-state index contributed by atoms with van der Waals surface area (Å²) in [6.45, 7) is 36.2. The fraction of sp³-hybridized carbons (Fsp3) is 0.492. The summed E-state index contributed by atoms with van der Waals surface area (Å²) in [5.41, 5.74) is 5.18. The zero-order chi connectivity index (χ0) is 57.7. The van der Waals surface area contributed by atoms with Gasteiger partial charge in [-0.2, -0.15) is 0 Å². The molecule has 2 nitrogen and oxygen atoms in total. The number of nitrogens with zero attached hydrogens (tertiary/aromatic N) is 2. The highest BCUT2D eigenvalue weighted by molar-refractivity contribution is 7.20. The van der Waals surface area contributed by atoms with Crippen molar-refractivity contribution >= 4 is 78.6 Å². The molecule has 1 aromatic heterocycles. The van der Waals surface area contributed by atoms with Gasteiger partial charge in [0.15, 0.2) is 0 Å². The number of hydrogen-bond donors (Lipinski definition) is 0. The van der Waals surface area contributed by atoms with Crippen molar-refractivity contribution in [3.8, 4) is 0 Å². The van der Waals surface area contributed by atoms with Gasteiger partial charge in [0, 0.05) is 27.6 Å². The van der Waals surface area contributed by atoms with Gasteiger partial charge in [0.2, 0.25) is 0 Å². The Morgan fingerprint density at radius 1 is 0.522 bits per heavy atom. The molecule has 0 unspecified atom stereocenters. The first-order valence-electron chi connectivity index (χ1n) is 30.5. The van der Waals surface area contributed by atoms with Crippen LogP contribution in [0.5, 0.6) is 0 Å². The molecule has 0 saturated carbocycles. The Bertz CT molecular complexity index is 3730. The van der Waals surface area contributed by atoms with Crippen LogP contribution < -0.4 is 26.2 Å². The van der Waals surface area contributed by atoms with E-state index in [1.54, 1.807) is 23.2 Å². The van der Waals surface area contributed by atoms with Gasteiger partial charge in [-0.15, -0.1) is 11.3 Å². The molecule has 3 aliphatic carbocycles. The summed E-state index contributed by atoms with van der Waals surface area (Å²) in [6.07, 6.45) is 4.71. The SMILES string of the molecule is [2H]c1c([2H])c2c(c([2H])c1N1c3c([2H])c4c(c([2H])c3B3c5c1c([2H])c(C)c([2H])c5N(c1c(C)c([2H])c(C(C)(C)C)c([2H])c1C)c1c3c([2H])c([2H])c3c5c(sc13)C(C)(C)CCC5(C)C)C(C)(C)CCC4(C)C)C(C)(C)CCC2(C)C. The lowest BCUT2D eigenvalue weighted by atomic mass is 9.33. The summed E-state index contributed by atoms with van der Waals surface area (Å²) in [7, 11) is 0. The quantitative estimate of drug-likeness (QED) is 0.159. The van der Waals surface area contributed by atoms with Crippen molar-refractivity contribution in [1.29, 1.82) is 0 Å². The highest BCUT2D eigenvalue weighted by Gasteiger charge is 2.49. The first kappa shape index (κ1) is 34.1. The summed E-state index contributed by atoms with van der Waals surface area (Å²) in [5, 5.41) is 0.669. The first-order chi connectivity index (χ1) is 35.7.